The van der Waals surface area contributed by atoms with Gasteiger partial charge in [-0.15, -0.1) is 0 Å². The van der Waals surface area contributed by atoms with Crippen molar-refractivity contribution in [2.75, 3.05) is 13.2 Å². The molecule has 1 unspecified atom stereocenters. The largest absolute Gasteiger partial charge is 0.501 e. The lowest BCUT2D eigenvalue weighted by Gasteiger charge is -2.24. The van der Waals surface area contributed by atoms with E-state index in [1.54, 1.807) is 12.3 Å². The highest BCUT2D eigenvalue weighted by atomic mass is 19.4. The molecule has 1 heterocycles. The van der Waals surface area contributed by atoms with E-state index in [-0.39, 0.29) is 6.04 Å². The van der Waals surface area contributed by atoms with Gasteiger partial charge in [-0.3, -0.25) is 0 Å². The first kappa shape index (κ1) is 15.9. The maximum Gasteiger partial charge on any atom is 0.416 e. The molecule has 0 saturated heterocycles. The summed E-state index contributed by atoms with van der Waals surface area (Å²) in [4.78, 5) is 0. The topological polar surface area (TPSA) is 21.3 Å². The van der Waals surface area contributed by atoms with Crippen LogP contribution in [0.1, 0.15) is 30.9 Å². The van der Waals surface area contributed by atoms with Crippen molar-refractivity contribution < 1.29 is 17.9 Å². The molecule has 2 rings (SSSR count). The van der Waals surface area contributed by atoms with Gasteiger partial charge in [0.1, 0.15) is 0 Å². The van der Waals surface area contributed by atoms with Gasteiger partial charge in [0.15, 0.2) is 0 Å². The van der Waals surface area contributed by atoms with Gasteiger partial charge in [0, 0.05) is 6.04 Å². The van der Waals surface area contributed by atoms with Gasteiger partial charge in [0.2, 0.25) is 0 Å². The van der Waals surface area contributed by atoms with Crippen molar-refractivity contribution in [3.63, 3.8) is 0 Å². The fourth-order valence-electron chi connectivity index (χ4n) is 2.53. The third kappa shape index (κ3) is 4.49. The van der Waals surface area contributed by atoms with Gasteiger partial charge in [0.25, 0.3) is 0 Å². The molecule has 1 aliphatic rings. The highest BCUT2D eigenvalue weighted by Gasteiger charge is 2.30. The number of nitrogens with one attached hydrogen (secondary N) is 1. The number of ether oxygens (including phenoxy) is 1. The highest BCUT2D eigenvalue weighted by molar-refractivity contribution is 5.28. The van der Waals surface area contributed by atoms with E-state index in [4.69, 9.17) is 4.74 Å². The zero-order valence-corrected chi connectivity index (χ0v) is 12.0. The molecule has 0 spiro atoms. The summed E-state index contributed by atoms with van der Waals surface area (Å²) in [5, 5.41) is 3.33. The number of benzene rings is 1. The Bertz CT molecular complexity index is 497. The minimum atomic E-state index is -4.29. The van der Waals surface area contributed by atoms with Crippen molar-refractivity contribution in [3.8, 4) is 0 Å². The first-order valence-electron chi connectivity index (χ1n) is 7.20. The maximum absolute atomic E-state index is 12.8. The lowest BCUT2D eigenvalue weighted by molar-refractivity contribution is -0.137. The van der Waals surface area contributed by atoms with Gasteiger partial charge in [-0.25, -0.2) is 0 Å². The van der Waals surface area contributed by atoms with Crippen LogP contribution in [0.5, 0.6) is 0 Å². The molecule has 0 aliphatic carbocycles. The highest BCUT2D eigenvalue weighted by Crippen LogP contribution is 2.30. The smallest absolute Gasteiger partial charge is 0.416 e. The van der Waals surface area contributed by atoms with E-state index in [1.807, 2.05) is 6.92 Å². The number of alkyl halides is 3. The summed E-state index contributed by atoms with van der Waals surface area (Å²) in [6.45, 7) is 3.47. The van der Waals surface area contributed by atoms with Crippen molar-refractivity contribution in [3.05, 3.63) is 47.2 Å². The van der Waals surface area contributed by atoms with Crippen LogP contribution < -0.4 is 5.32 Å². The Morgan fingerprint density at radius 2 is 2.14 bits per heavy atom. The number of halogens is 3. The molecule has 21 heavy (non-hydrogen) atoms. The van der Waals surface area contributed by atoms with Gasteiger partial charge >= 0.3 is 6.18 Å². The summed E-state index contributed by atoms with van der Waals surface area (Å²) in [5.41, 5.74) is 1.21. The van der Waals surface area contributed by atoms with E-state index in [2.05, 4.69) is 5.32 Å². The van der Waals surface area contributed by atoms with Gasteiger partial charge in [0.05, 0.1) is 18.4 Å². The van der Waals surface area contributed by atoms with Crippen LogP contribution >= 0.6 is 0 Å². The number of hydrogen-bond acceptors (Lipinski definition) is 2. The van der Waals surface area contributed by atoms with Crippen LogP contribution in [0.15, 0.2) is 36.1 Å². The van der Waals surface area contributed by atoms with Crippen LogP contribution in [-0.4, -0.2) is 19.2 Å². The summed E-state index contributed by atoms with van der Waals surface area (Å²) < 4.78 is 43.6. The molecule has 116 valence electrons. The average molecular weight is 299 g/mol. The second-order valence-electron chi connectivity index (χ2n) is 5.18. The molecule has 0 saturated carbocycles. The van der Waals surface area contributed by atoms with Crippen LogP contribution in [0.4, 0.5) is 13.2 Å². The summed E-state index contributed by atoms with van der Waals surface area (Å²) in [5.74, 6) is 0. The molecule has 0 bridgehead atoms. The SMILES string of the molecule is CCNC(Cc1cccc(C(F)(F)F)c1)C1=COCCC1. The number of likely N-dealkylation sites (N-methyl/N-ethyl adjacent to an activating group) is 1. The van der Waals surface area contributed by atoms with E-state index in [9.17, 15) is 13.2 Å². The first-order chi connectivity index (χ1) is 10.0. The van der Waals surface area contributed by atoms with E-state index in [0.29, 0.717) is 18.6 Å². The van der Waals surface area contributed by atoms with Gasteiger partial charge in [-0.05, 0) is 43.0 Å². The number of rotatable bonds is 5. The second kappa shape index (κ2) is 6.98. The Hall–Kier alpha value is -1.49. The molecule has 1 atom stereocenters. The fourth-order valence-corrected chi connectivity index (χ4v) is 2.53. The lowest BCUT2D eigenvalue weighted by Crippen LogP contribution is -2.34. The van der Waals surface area contributed by atoms with Gasteiger partial charge in [-0.1, -0.05) is 25.1 Å². The predicted molar refractivity (Wildman–Crippen MR) is 75.9 cm³/mol. The molecule has 1 N–H and O–H groups in total. The molecule has 1 aliphatic heterocycles. The van der Waals surface area contributed by atoms with Crippen LogP contribution in [-0.2, 0) is 17.3 Å². The first-order valence-corrected chi connectivity index (χ1v) is 7.20. The minimum absolute atomic E-state index is 0.0267. The molecule has 0 fully saturated rings. The molecule has 2 nitrogen and oxygen atoms in total. The predicted octanol–water partition coefficient (Wildman–Crippen LogP) is 3.92. The standard InChI is InChI=1S/C16H20F3NO/c1-2-20-15(13-6-4-8-21-11-13)10-12-5-3-7-14(9-12)16(17,18)19/h3,5,7,9,11,15,20H,2,4,6,8,10H2,1H3. The molecule has 5 heteroatoms. The van der Waals surface area contributed by atoms with E-state index in [0.717, 1.165) is 31.0 Å². The van der Waals surface area contributed by atoms with Crippen molar-refractivity contribution in [2.45, 2.75) is 38.4 Å². The zero-order chi connectivity index (χ0) is 15.3. The second-order valence-corrected chi connectivity index (χ2v) is 5.18. The molecular weight excluding hydrogens is 279 g/mol. The number of hydrogen-bond donors (Lipinski definition) is 1. The van der Waals surface area contributed by atoms with Crippen molar-refractivity contribution in [2.24, 2.45) is 0 Å². The van der Waals surface area contributed by atoms with E-state index in [1.165, 1.54) is 12.1 Å². The van der Waals surface area contributed by atoms with Crippen molar-refractivity contribution in [1.82, 2.24) is 5.32 Å². The molecular formula is C16H20F3NO. The van der Waals surface area contributed by atoms with Gasteiger partial charge < -0.3 is 10.1 Å². The summed E-state index contributed by atoms with van der Waals surface area (Å²) in [6.07, 6.45) is -0.124. The Labute approximate surface area is 123 Å². The van der Waals surface area contributed by atoms with Crippen molar-refractivity contribution in [1.29, 1.82) is 0 Å². The molecule has 0 radical (unpaired) electrons. The molecule has 1 aromatic rings. The Kier molecular flexibility index (Phi) is 5.28. The molecule has 0 aromatic heterocycles. The summed E-state index contributed by atoms with van der Waals surface area (Å²) in [7, 11) is 0. The van der Waals surface area contributed by atoms with Crippen LogP contribution in [0.2, 0.25) is 0 Å². The molecule has 0 amide bonds. The van der Waals surface area contributed by atoms with E-state index < -0.39 is 11.7 Å². The normalized spacial score (nSPS) is 17.0. The van der Waals surface area contributed by atoms with Crippen LogP contribution in [0, 0.1) is 0 Å². The van der Waals surface area contributed by atoms with Gasteiger partial charge in [-0.2, -0.15) is 13.2 Å². The van der Waals surface area contributed by atoms with Crippen molar-refractivity contribution >= 4 is 0 Å². The Balaban J connectivity index is 2.15. The lowest BCUT2D eigenvalue weighted by atomic mass is 9.95. The molecule has 1 aromatic carbocycles. The minimum Gasteiger partial charge on any atom is -0.501 e. The quantitative estimate of drug-likeness (QED) is 0.889. The summed E-state index contributed by atoms with van der Waals surface area (Å²) >= 11 is 0. The fraction of sp³-hybridized carbons (Fsp3) is 0.500. The van der Waals surface area contributed by atoms with Crippen LogP contribution in [0.3, 0.4) is 0 Å². The maximum atomic E-state index is 12.8. The van der Waals surface area contributed by atoms with E-state index >= 15 is 0 Å². The average Bonchev–Trinajstić information content (AvgIpc) is 2.47. The Morgan fingerprint density at radius 1 is 1.33 bits per heavy atom. The Morgan fingerprint density at radius 3 is 2.76 bits per heavy atom. The third-order valence-corrected chi connectivity index (χ3v) is 3.55. The van der Waals surface area contributed by atoms with Crippen LogP contribution in [0.25, 0.3) is 0 Å². The monoisotopic (exact) mass is 299 g/mol. The zero-order valence-electron chi connectivity index (χ0n) is 12.0. The summed E-state index contributed by atoms with van der Waals surface area (Å²) in [6, 6.07) is 5.57. The third-order valence-electron chi connectivity index (χ3n) is 3.55.